The molecule has 0 amide bonds. The Balaban J connectivity index is 1.81. The molecule has 4 rings (SSSR count). The normalized spacial score (nSPS) is 21.1. The second-order valence-electron chi connectivity index (χ2n) is 8.48. The van der Waals surface area contributed by atoms with Crippen LogP contribution in [0.4, 0.5) is 0 Å². The zero-order valence-electron chi connectivity index (χ0n) is 18.0. The molecule has 2 aromatic rings. The Morgan fingerprint density at radius 2 is 1.77 bits per heavy atom. The summed E-state index contributed by atoms with van der Waals surface area (Å²) in [6, 6.07) is 16.8. The predicted octanol–water partition coefficient (Wildman–Crippen LogP) is 4.71. The Kier molecular flexibility index (Phi) is 5.68. The van der Waals surface area contributed by atoms with Crippen LogP contribution < -0.4 is 5.32 Å². The molecule has 2 N–H and O–H groups in total. The van der Waals surface area contributed by atoms with Crippen LogP contribution in [-0.2, 0) is 14.3 Å². The molecule has 0 bridgehead atoms. The number of carbonyl (C=O) groups is 2. The van der Waals surface area contributed by atoms with Crippen LogP contribution in [0.3, 0.4) is 0 Å². The summed E-state index contributed by atoms with van der Waals surface area (Å²) in [5.41, 5.74) is 4.38. The largest absolute Gasteiger partial charge is 0.508 e. The average molecular weight is 418 g/mol. The van der Waals surface area contributed by atoms with Gasteiger partial charge in [-0.1, -0.05) is 42.5 Å². The van der Waals surface area contributed by atoms with Gasteiger partial charge in [-0.3, -0.25) is 4.79 Å². The first kappa shape index (κ1) is 20.9. The number of carbonyl (C=O) groups excluding carboxylic acids is 2. The van der Waals surface area contributed by atoms with Crippen molar-refractivity contribution in [2.75, 3.05) is 0 Å². The Labute approximate surface area is 182 Å². The number of ketones is 1. The zero-order valence-corrected chi connectivity index (χ0v) is 18.0. The average Bonchev–Trinajstić information content (AvgIpc) is 2.72. The van der Waals surface area contributed by atoms with Crippen molar-refractivity contribution in [3.8, 4) is 5.75 Å². The third-order valence-corrected chi connectivity index (χ3v) is 5.86. The molecule has 0 saturated carbocycles. The van der Waals surface area contributed by atoms with Gasteiger partial charge in [0, 0.05) is 29.3 Å². The van der Waals surface area contributed by atoms with Crippen LogP contribution in [0.2, 0.25) is 0 Å². The van der Waals surface area contributed by atoms with E-state index < -0.39 is 11.9 Å². The van der Waals surface area contributed by atoms with Crippen LogP contribution in [0.25, 0.3) is 0 Å². The second-order valence-corrected chi connectivity index (χ2v) is 8.48. The minimum atomic E-state index is -0.571. The van der Waals surface area contributed by atoms with Crippen molar-refractivity contribution in [3.05, 3.63) is 88.3 Å². The van der Waals surface area contributed by atoms with E-state index >= 15 is 0 Å². The molecule has 1 aliphatic heterocycles. The number of allylic oxidation sites excluding steroid dienone is 3. The maximum absolute atomic E-state index is 13.4. The van der Waals surface area contributed by atoms with E-state index in [9.17, 15) is 14.7 Å². The topological polar surface area (TPSA) is 75.6 Å². The number of Topliss-reactive ketones (excluding diaryl/α,β-unsaturated/α-hetero) is 1. The van der Waals surface area contributed by atoms with E-state index in [0.29, 0.717) is 35.2 Å². The summed E-state index contributed by atoms with van der Waals surface area (Å²) < 4.78 is 5.51. The molecule has 0 radical (unpaired) electrons. The molecule has 5 nitrogen and oxygen atoms in total. The smallest absolute Gasteiger partial charge is 0.337 e. The molecule has 1 heterocycles. The lowest BCUT2D eigenvalue weighted by molar-refractivity contribution is -0.143. The van der Waals surface area contributed by atoms with Crippen LogP contribution in [0.5, 0.6) is 5.75 Å². The number of rotatable bonds is 4. The molecule has 0 spiro atoms. The SMILES string of the molecule is CC1=C(C(=O)OC(C)C)[C@@H](c2cccc(O)c2)C2=C(C[C@H](c3ccccc3)CC2=O)N1. The van der Waals surface area contributed by atoms with E-state index in [2.05, 4.69) is 5.32 Å². The second kappa shape index (κ2) is 8.42. The molecule has 0 saturated heterocycles. The number of hydrogen-bond acceptors (Lipinski definition) is 5. The van der Waals surface area contributed by atoms with Gasteiger partial charge in [0.15, 0.2) is 5.78 Å². The highest BCUT2D eigenvalue weighted by Crippen LogP contribution is 2.46. The number of phenolic OH excluding ortho intramolecular Hbond substituents is 1. The molecule has 5 heteroatoms. The lowest BCUT2D eigenvalue weighted by Crippen LogP contribution is -2.36. The maximum Gasteiger partial charge on any atom is 0.337 e. The van der Waals surface area contributed by atoms with Crippen LogP contribution >= 0.6 is 0 Å². The van der Waals surface area contributed by atoms with Crippen molar-refractivity contribution in [3.63, 3.8) is 0 Å². The monoisotopic (exact) mass is 417 g/mol. The number of dihydropyridines is 1. The highest BCUT2D eigenvalue weighted by atomic mass is 16.5. The summed E-state index contributed by atoms with van der Waals surface area (Å²) in [6.07, 6.45) is 0.785. The van der Waals surface area contributed by atoms with Crippen molar-refractivity contribution < 1.29 is 19.4 Å². The number of hydrogen-bond donors (Lipinski definition) is 2. The fourth-order valence-electron chi connectivity index (χ4n) is 4.59. The van der Waals surface area contributed by atoms with Crippen LogP contribution in [0.15, 0.2) is 77.1 Å². The first-order valence-electron chi connectivity index (χ1n) is 10.6. The van der Waals surface area contributed by atoms with Gasteiger partial charge in [0.05, 0.1) is 11.7 Å². The minimum absolute atomic E-state index is 0.0123. The molecule has 0 unspecified atom stereocenters. The number of aromatic hydroxyl groups is 1. The molecule has 2 aromatic carbocycles. The Bertz CT molecular complexity index is 1080. The Morgan fingerprint density at radius 1 is 1.06 bits per heavy atom. The van der Waals surface area contributed by atoms with Crippen molar-refractivity contribution in [1.82, 2.24) is 5.32 Å². The van der Waals surface area contributed by atoms with E-state index in [-0.39, 0.29) is 23.6 Å². The summed E-state index contributed by atoms with van der Waals surface area (Å²) in [4.78, 5) is 26.5. The van der Waals surface area contributed by atoms with E-state index in [1.165, 1.54) is 0 Å². The third kappa shape index (κ3) is 4.13. The lowest BCUT2D eigenvalue weighted by Gasteiger charge is -2.37. The number of nitrogens with one attached hydrogen (secondary N) is 1. The summed E-state index contributed by atoms with van der Waals surface area (Å²) >= 11 is 0. The van der Waals surface area contributed by atoms with Crippen molar-refractivity contribution in [2.24, 2.45) is 0 Å². The van der Waals surface area contributed by atoms with E-state index in [4.69, 9.17) is 4.74 Å². The van der Waals surface area contributed by atoms with Gasteiger partial charge in [0.25, 0.3) is 0 Å². The molecule has 31 heavy (non-hydrogen) atoms. The van der Waals surface area contributed by atoms with Crippen molar-refractivity contribution in [2.45, 2.75) is 51.6 Å². The summed E-state index contributed by atoms with van der Waals surface area (Å²) in [5.74, 6) is -0.824. The summed E-state index contributed by atoms with van der Waals surface area (Å²) in [6.45, 7) is 5.44. The fraction of sp³-hybridized carbons (Fsp3) is 0.308. The fourth-order valence-corrected chi connectivity index (χ4v) is 4.59. The van der Waals surface area contributed by atoms with Gasteiger partial charge in [-0.25, -0.2) is 4.79 Å². The van der Waals surface area contributed by atoms with Gasteiger partial charge in [0.2, 0.25) is 0 Å². The van der Waals surface area contributed by atoms with E-state index in [1.807, 2.05) is 43.3 Å². The first-order valence-corrected chi connectivity index (χ1v) is 10.6. The molecule has 2 atom stereocenters. The van der Waals surface area contributed by atoms with Gasteiger partial charge in [-0.2, -0.15) is 0 Å². The van der Waals surface area contributed by atoms with Gasteiger partial charge in [-0.15, -0.1) is 0 Å². The number of benzene rings is 2. The molecule has 2 aliphatic rings. The van der Waals surface area contributed by atoms with Gasteiger partial charge >= 0.3 is 5.97 Å². The van der Waals surface area contributed by atoms with E-state index in [1.54, 1.807) is 32.0 Å². The third-order valence-electron chi connectivity index (χ3n) is 5.86. The number of esters is 1. The molecular weight excluding hydrogens is 390 g/mol. The maximum atomic E-state index is 13.4. The standard InChI is InChI=1S/C26H27NO4/c1-15(2)31-26(30)23-16(3)27-21-13-19(17-8-5-4-6-9-17)14-22(29)25(21)24(23)18-10-7-11-20(28)12-18/h4-12,15,19,24,27-28H,13-14H2,1-3H3/t19-,24+/m0/s1. The van der Waals surface area contributed by atoms with Gasteiger partial charge in [-0.05, 0) is 56.4 Å². The quantitative estimate of drug-likeness (QED) is 0.705. The molecular formula is C26H27NO4. The number of ether oxygens (including phenoxy) is 1. The van der Waals surface area contributed by atoms with Crippen LogP contribution in [0, 0.1) is 0 Å². The van der Waals surface area contributed by atoms with Gasteiger partial charge < -0.3 is 15.2 Å². The Hall–Kier alpha value is -3.34. The molecule has 0 fully saturated rings. The first-order chi connectivity index (χ1) is 14.8. The molecule has 160 valence electrons. The molecule has 1 aliphatic carbocycles. The van der Waals surface area contributed by atoms with Crippen molar-refractivity contribution in [1.29, 1.82) is 0 Å². The zero-order chi connectivity index (χ0) is 22.1. The van der Waals surface area contributed by atoms with Crippen LogP contribution in [0.1, 0.15) is 56.6 Å². The Morgan fingerprint density at radius 3 is 2.45 bits per heavy atom. The predicted molar refractivity (Wildman–Crippen MR) is 118 cm³/mol. The highest BCUT2D eigenvalue weighted by Gasteiger charge is 2.41. The minimum Gasteiger partial charge on any atom is -0.508 e. The highest BCUT2D eigenvalue weighted by molar-refractivity contribution is 6.04. The summed E-state index contributed by atoms with van der Waals surface area (Å²) in [5, 5.41) is 13.4. The van der Waals surface area contributed by atoms with Gasteiger partial charge in [0.1, 0.15) is 5.75 Å². The summed E-state index contributed by atoms with van der Waals surface area (Å²) in [7, 11) is 0. The number of phenols is 1. The van der Waals surface area contributed by atoms with Crippen LogP contribution in [-0.4, -0.2) is 23.0 Å². The molecule has 0 aromatic heterocycles. The van der Waals surface area contributed by atoms with Crippen molar-refractivity contribution >= 4 is 11.8 Å². The lowest BCUT2D eigenvalue weighted by atomic mass is 9.71. The van der Waals surface area contributed by atoms with E-state index in [0.717, 1.165) is 11.3 Å².